The van der Waals surface area contributed by atoms with E-state index in [1.165, 1.54) is 6.42 Å². The minimum absolute atomic E-state index is 0. The lowest BCUT2D eigenvalue weighted by Crippen LogP contribution is -2.47. The molecule has 5 nitrogen and oxygen atoms in total. The van der Waals surface area contributed by atoms with Crippen molar-refractivity contribution in [3.8, 4) is 0 Å². The smallest absolute Gasteiger partial charge is 0.191 e. The van der Waals surface area contributed by atoms with Crippen LogP contribution < -0.4 is 10.6 Å². The minimum Gasteiger partial charge on any atom is -0.377 e. The molecule has 1 aromatic heterocycles. The largest absolute Gasteiger partial charge is 0.377 e. The average Bonchev–Trinajstić information content (AvgIpc) is 2.56. The number of aliphatic imine (C=N–C) groups is 1. The van der Waals surface area contributed by atoms with Gasteiger partial charge in [0.2, 0.25) is 0 Å². The summed E-state index contributed by atoms with van der Waals surface area (Å²) in [5.41, 5.74) is 1.22. The van der Waals surface area contributed by atoms with E-state index >= 15 is 0 Å². The zero-order valence-corrected chi connectivity index (χ0v) is 18.6. The topological polar surface area (TPSA) is 58.5 Å². The molecule has 0 spiro atoms. The van der Waals surface area contributed by atoms with Gasteiger partial charge in [-0.3, -0.25) is 4.99 Å². The molecule has 1 aliphatic heterocycles. The van der Waals surface area contributed by atoms with Crippen LogP contribution in [0.25, 0.3) is 0 Å². The fraction of sp³-hybridized carbons (Fsp3) is 0.667. The summed E-state index contributed by atoms with van der Waals surface area (Å²) in [7, 11) is 1.79. The number of pyridine rings is 1. The molecule has 2 heterocycles. The van der Waals surface area contributed by atoms with E-state index in [0.717, 1.165) is 31.1 Å². The highest BCUT2D eigenvalue weighted by Gasteiger charge is 2.35. The zero-order chi connectivity index (χ0) is 17.6. The van der Waals surface area contributed by atoms with Gasteiger partial charge in [0, 0.05) is 38.9 Å². The molecule has 2 N–H and O–H groups in total. The molecule has 0 radical (unpaired) electrons. The number of ether oxygens (including phenoxy) is 1. The Labute approximate surface area is 173 Å². The van der Waals surface area contributed by atoms with Crippen LogP contribution in [0.5, 0.6) is 0 Å². The van der Waals surface area contributed by atoms with Crippen LogP contribution in [0, 0.1) is 11.3 Å². The molecular formula is C18H30ClIN4O. The molecule has 2 unspecified atom stereocenters. The number of hydrogen-bond donors (Lipinski definition) is 2. The number of rotatable bonds is 4. The lowest BCUT2D eigenvalue weighted by Gasteiger charge is -2.40. The first-order valence-corrected chi connectivity index (χ1v) is 8.94. The molecule has 2 atom stereocenters. The van der Waals surface area contributed by atoms with Crippen molar-refractivity contribution in [3.05, 3.63) is 29.0 Å². The van der Waals surface area contributed by atoms with E-state index in [2.05, 4.69) is 41.4 Å². The van der Waals surface area contributed by atoms with E-state index in [0.29, 0.717) is 17.6 Å². The third-order valence-electron chi connectivity index (χ3n) is 4.30. The van der Waals surface area contributed by atoms with Crippen molar-refractivity contribution in [2.75, 3.05) is 20.2 Å². The first-order valence-electron chi connectivity index (χ1n) is 8.56. The van der Waals surface area contributed by atoms with Gasteiger partial charge in [-0.25, -0.2) is 4.98 Å². The Morgan fingerprint density at radius 2 is 2.12 bits per heavy atom. The zero-order valence-electron chi connectivity index (χ0n) is 15.5. The first kappa shape index (κ1) is 22.4. The fourth-order valence-corrected chi connectivity index (χ4v) is 3.27. The van der Waals surface area contributed by atoms with Crippen LogP contribution in [0.3, 0.4) is 0 Å². The summed E-state index contributed by atoms with van der Waals surface area (Å²) in [6.07, 6.45) is 4.36. The first-order chi connectivity index (χ1) is 11.4. The van der Waals surface area contributed by atoms with Crippen LogP contribution in [-0.2, 0) is 11.3 Å². The van der Waals surface area contributed by atoms with Gasteiger partial charge >= 0.3 is 0 Å². The van der Waals surface area contributed by atoms with Crippen LogP contribution in [0.1, 0.15) is 39.2 Å². The molecule has 1 aliphatic rings. The highest BCUT2D eigenvalue weighted by molar-refractivity contribution is 14.0. The van der Waals surface area contributed by atoms with Crippen molar-refractivity contribution in [1.82, 2.24) is 15.6 Å². The van der Waals surface area contributed by atoms with Gasteiger partial charge in [0.15, 0.2) is 5.96 Å². The summed E-state index contributed by atoms with van der Waals surface area (Å²) in [5.74, 6) is 1.29. The maximum absolute atomic E-state index is 6.04. The maximum atomic E-state index is 6.04. The molecule has 25 heavy (non-hydrogen) atoms. The van der Waals surface area contributed by atoms with Crippen LogP contribution >= 0.6 is 35.6 Å². The highest BCUT2D eigenvalue weighted by atomic mass is 127. The highest BCUT2D eigenvalue weighted by Crippen LogP contribution is 2.33. The van der Waals surface area contributed by atoms with Crippen molar-refractivity contribution < 1.29 is 4.74 Å². The lowest BCUT2D eigenvalue weighted by atomic mass is 9.78. The Morgan fingerprint density at radius 3 is 2.72 bits per heavy atom. The van der Waals surface area contributed by atoms with Gasteiger partial charge in [0.05, 0.1) is 6.10 Å². The number of hydrogen-bond acceptors (Lipinski definition) is 3. The van der Waals surface area contributed by atoms with Crippen molar-refractivity contribution in [1.29, 1.82) is 0 Å². The lowest BCUT2D eigenvalue weighted by molar-refractivity contribution is -0.0835. The number of guanidine groups is 1. The SMILES string of the molecule is CN=C(NCc1ccc(Cl)nc1)NCC1CCCOC1C(C)(C)C.I. The average molecular weight is 481 g/mol. The second-order valence-corrected chi connectivity index (χ2v) is 7.74. The van der Waals surface area contributed by atoms with E-state index in [9.17, 15) is 0 Å². The molecular weight excluding hydrogens is 451 g/mol. The van der Waals surface area contributed by atoms with E-state index in [4.69, 9.17) is 16.3 Å². The van der Waals surface area contributed by atoms with Gasteiger partial charge in [-0.15, -0.1) is 24.0 Å². The second-order valence-electron chi connectivity index (χ2n) is 7.36. The summed E-state index contributed by atoms with van der Waals surface area (Å²) >= 11 is 5.81. The molecule has 0 aromatic carbocycles. The molecule has 1 fully saturated rings. The molecule has 142 valence electrons. The number of halogens is 2. The Hall–Kier alpha value is -0.600. The van der Waals surface area contributed by atoms with Gasteiger partial charge in [0.1, 0.15) is 5.15 Å². The molecule has 0 bridgehead atoms. The maximum Gasteiger partial charge on any atom is 0.191 e. The van der Waals surface area contributed by atoms with Crippen LogP contribution in [0.4, 0.5) is 0 Å². The van der Waals surface area contributed by atoms with E-state index in [1.54, 1.807) is 19.3 Å². The Bertz CT molecular complexity index is 545. The van der Waals surface area contributed by atoms with Crippen molar-refractivity contribution >= 4 is 41.5 Å². The number of nitrogens with zero attached hydrogens (tertiary/aromatic N) is 2. The van der Waals surface area contributed by atoms with Gasteiger partial charge in [-0.1, -0.05) is 38.4 Å². The summed E-state index contributed by atoms with van der Waals surface area (Å²) in [4.78, 5) is 8.39. The fourth-order valence-electron chi connectivity index (χ4n) is 3.15. The molecule has 1 saturated heterocycles. The van der Waals surface area contributed by atoms with Gasteiger partial charge in [0.25, 0.3) is 0 Å². The Kier molecular flexibility index (Phi) is 9.45. The molecule has 0 amide bonds. The molecule has 2 rings (SSSR count). The monoisotopic (exact) mass is 480 g/mol. The van der Waals surface area contributed by atoms with Gasteiger partial charge < -0.3 is 15.4 Å². The third-order valence-corrected chi connectivity index (χ3v) is 4.53. The summed E-state index contributed by atoms with van der Waals surface area (Å²) in [6.45, 7) is 9.13. The summed E-state index contributed by atoms with van der Waals surface area (Å²) in [5, 5.41) is 7.25. The number of aromatic nitrogens is 1. The summed E-state index contributed by atoms with van der Waals surface area (Å²) in [6, 6.07) is 3.75. The molecule has 0 saturated carbocycles. The number of nitrogens with one attached hydrogen (secondary N) is 2. The van der Waals surface area contributed by atoms with Crippen molar-refractivity contribution in [2.45, 2.75) is 46.3 Å². The third kappa shape index (κ3) is 7.27. The molecule has 7 heteroatoms. The van der Waals surface area contributed by atoms with E-state index in [1.807, 2.05) is 6.07 Å². The molecule has 0 aliphatic carbocycles. The van der Waals surface area contributed by atoms with Gasteiger partial charge in [-0.2, -0.15) is 0 Å². The normalized spacial score (nSPS) is 21.4. The van der Waals surface area contributed by atoms with Crippen LogP contribution in [0.2, 0.25) is 5.15 Å². The van der Waals surface area contributed by atoms with Crippen LogP contribution in [-0.4, -0.2) is 37.2 Å². The standard InChI is InChI=1S/C18H29ClN4O.HI/c1-18(2,3)16-14(6-5-9-24-16)12-23-17(20-4)22-11-13-7-8-15(19)21-10-13;/h7-8,10,14,16H,5-6,9,11-12H2,1-4H3,(H2,20,22,23);1H. The predicted octanol–water partition coefficient (Wildman–Crippen LogP) is 3.86. The predicted molar refractivity (Wildman–Crippen MR) is 115 cm³/mol. The van der Waals surface area contributed by atoms with Gasteiger partial charge in [-0.05, 0) is 29.9 Å². The van der Waals surface area contributed by atoms with E-state index in [-0.39, 0.29) is 35.5 Å². The second kappa shape index (κ2) is 10.5. The Morgan fingerprint density at radius 1 is 1.36 bits per heavy atom. The van der Waals surface area contributed by atoms with Crippen molar-refractivity contribution in [2.24, 2.45) is 16.3 Å². The minimum atomic E-state index is 0. The quantitative estimate of drug-likeness (QED) is 0.297. The Balaban J connectivity index is 0.00000312. The summed E-state index contributed by atoms with van der Waals surface area (Å²) < 4.78 is 6.04. The van der Waals surface area contributed by atoms with Crippen LogP contribution in [0.15, 0.2) is 23.3 Å². The van der Waals surface area contributed by atoms with Crippen molar-refractivity contribution in [3.63, 3.8) is 0 Å². The molecule has 1 aromatic rings. The van der Waals surface area contributed by atoms with E-state index < -0.39 is 0 Å².